The summed E-state index contributed by atoms with van der Waals surface area (Å²) in [4.78, 5) is 26.9. The Bertz CT molecular complexity index is 1080. The molecular formula is C28H35N3O3S. The largest absolute Gasteiger partial charge is 0.392 e. The van der Waals surface area contributed by atoms with E-state index in [9.17, 15) is 14.7 Å². The number of amides is 2. The Morgan fingerprint density at radius 2 is 1.94 bits per heavy atom. The van der Waals surface area contributed by atoms with Crippen LogP contribution < -0.4 is 10.6 Å². The van der Waals surface area contributed by atoms with Crippen LogP contribution >= 0.6 is 11.3 Å². The number of nitrogens with one attached hydrogen (secondary N) is 2. The predicted octanol–water partition coefficient (Wildman–Crippen LogP) is 4.49. The Morgan fingerprint density at radius 3 is 2.60 bits per heavy atom. The van der Waals surface area contributed by atoms with Gasteiger partial charge in [0.25, 0.3) is 5.91 Å². The minimum absolute atomic E-state index is 0.00182. The number of hydrogen-bond acceptors (Lipinski definition) is 5. The van der Waals surface area contributed by atoms with Crippen LogP contribution in [0.3, 0.4) is 0 Å². The zero-order valence-corrected chi connectivity index (χ0v) is 21.5. The molecule has 0 bridgehead atoms. The fourth-order valence-corrected chi connectivity index (χ4v) is 7.03. The summed E-state index contributed by atoms with van der Waals surface area (Å²) in [5.41, 5.74) is 1.05. The fourth-order valence-electron chi connectivity index (χ4n) is 6.39. The second kappa shape index (κ2) is 10.5. The molecular weight excluding hydrogens is 458 g/mol. The Morgan fingerprint density at radius 1 is 1.23 bits per heavy atom. The molecule has 35 heavy (non-hydrogen) atoms. The highest BCUT2D eigenvalue weighted by Crippen LogP contribution is 2.55. The Balaban J connectivity index is 1.42. The van der Waals surface area contributed by atoms with Gasteiger partial charge in [0.05, 0.1) is 24.3 Å². The van der Waals surface area contributed by atoms with E-state index in [4.69, 9.17) is 5.26 Å². The van der Waals surface area contributed by atoms with Crippen molar-refractivity contribution in [3.63, 3.8) is 0 Å². The van der Waals surface area contributed by atoms with Crippen molar-refractivity contribution in [3.8, 4) is 6.07 Å². The van der Waals surface area contributed by atoms with Crippen LogP contribution in [0.1, 0.15) is 67.3 Å². The van der Waals surface area contributed by atoms with Gasteiger partial charge in [-0.3, -0.25) is 9.59 Å². The summed E-state index contributed by atoms with van der Waals surface area (Å²) in [6, 6.07) is 12.6. The van der Waals surface area contributed by atoms with Crippen molar-refractivity contribution in [3.05, 3.63) is 57.8 Å². The van der Waals surface area contributed by atoms with Crippen LogP contribution in [0.25, 0.3) is 0 Å². The second-order valence-electron chi connectivity index (χ2n) is 10.6. The Kier molecular flexibility index (Phi) is 7.63. The van der Waals surface area contributed by atoms with Crippen LogP contribution in [0.2, 0.25) is 0 Å². The summed E-state index contributed by atoms with van der Waals surface area (Å²) < 4.78 is 0. The SMILES string of the molecule is CC(C(=O)NCc1cccs1)C1CCC2(C)CCC(NC(=O)c3ccc(C#N)cc3)C(C)C2C1O. The van der Waals surface area contributed by atoms with E-state index in [0.29, 0.717) is 17.7 Å². The number of carbonyl (C=O) groups is 2. The molecule has 1 heterocycles. The molecule has 2 saturated carbocycles. The van der Waals surface area contributed by atoms with Gasteiger partial charge in [0.1, 0.15) is 0 Å². The molecule has 2 aliphatic rings. The summed E-state index contributed by atoms with van der Waals surface area (Å²) in [6.07, 6.45) is 3.01. The summed E-state index contributed by atoms with van der Waals surface area (Å²) in [6.45, 7) is 6.83. The quantitative estimate of drug-likeness (QED) is 0.552. The molecule has 0 aliphatic heterocycles. The lowest BCUT2D eigenvalue weighted by atomic mass is 9.51. The molecule has 2 fully saturated rings. The molecule has 6 nitrogen and oxygen atoms in total. The lowest BCUT2D eigenvalue weighted by Crippen LogP contribution is -2.58. The molecule has 1 aromatic heterocycles. The van der Waals surface area contributed by atoms with Gasteiger partial charge in [0.2, 0.25) is 5.91 Å². The van der Waals surface area contributed by atoms with Gasteiger partial charge in [-0.2, -0.15) is 5.26 Å². The molecule has 0 spiro atoms. The van der Waals surface area contributed by atoms with Crippen molar-refractivity contribution in [1.29, 1.82) is 5.26 Å². The number of nitriles is 1. The van der Waals surface area contributed by atoms with E-state index >= 15 is 0 Å². The maximum Gasteiger partial charge on any atom is 0.251 e. The number of aliphatic hydroxyl groups excluding tert-OH is 1. The molecule has 7 heteroatoms. The van der Waals surface area contributed by atoms with Crippen molar-refractivity contribution in [2.45, 2.75) is 65.1 Å². The van der Waals surface area contributed by atoms with Crippen molar-refractivity contribution >= 4 is 23.2 Å². The van der Waals surface area contributed by atoms with Crippen molar-refractivity contribution in [2.75, 3.05) is 0 Å². The lowest BCUT2D eigenvalue weighted by molar-refractivity contribution is -0.142. The minimum Gasteiger partial charge on any atom is -0.392 e. The number of hydrogen-bond donors (Lipinski definition) is 3. The highest BCUT2D eigenvalue weighted by molar-refractivity contribution is 7.09. The summed E-state index contributed by atoms with van der Waals surface area (Å²) in [5, 5.41) is 28.8. The average molecular weight is 494 g/mol. The first kappa shape index (κ1) is 25.4. The molecule has 2 aromatic rings. The minimum atomic E-state index is -0.596. The topological polar surface area (TPSA) is 102 Å². The van der Waals surface area contributed by atoms with Crippen molar-refractivity contribution in [2.24, 2.45) is 29.1 Å². The van der Waals surface area contributed by atoms with E-state index < -0.39 is 6.10 Å². The third-order valence-electron chi connectivity index (χ3n) is 8.55. The number of fused-ring (bicyclic) bond motifs is 1. The van der Waals surface area contributed by atoms with E-state index in [1.165, 1.54) is 0 Å². The number of benzene rings is 1. The Hall–Kier alpha value is -2.69. The van der Waals surface area contributed by atoms with Gasteiger partial charge in [0.15, 0.2) is 0 Å². The molecule has 7 atom stereocenters. The maximum atomic E-state index is 12.9. The monoisotopic (exact) mass is 493 g/mol. The molecule has 4 rings (SSSR count). The molecule has 2 amide bonds. The standard InChI is InChI=1S/C28H35N3O3S/c1-17(26(33)30-16-21-5-4-14-35-21)22-10-12-28(3)13-11-23(18(2)24(28)25(22)32)31-27(34)20-8-6-19(15-29)7-9-20/h4-9,14,17-18,22-25,32H,10-13,16H2,1-3H3,(H,30,33)(H,31,34). The van der Waals surface area contributed by atoms with E-state index in [0.717, 1.165) is 30.6 Å². The van der Waals surface area contributed by atoms with E-state index in [1.54, 1.807) is 35.6 Å². The highest BCUT2D eigenvalue weighted by Gasteiger charge is 2.53. The van der Waals surface area contributed by atoms with Gasteiger partial charge in [-0.05, 0) is 84.6 Å². The molecule has 7 unspecified atom stereocenters. The zero-order valence-electron chi connectivity index (χ0n) is 20.7. The van der Waals surface area contributed by atoms with Crippen molar-refractivity contribution in [1.82, 2.24) is 10.6 Å². The lowest BCUT2D eigenvalue weighted by Gasteiger charge is -2.56. The van der Waals surface area contributed by atoms with Crippen LogP contribution in [0.15, 0.2) is 41.8 Å². The summed E-state index contributed by atoms with van der Waals surface area (Å²) in [7, 11) is 0. The maximum absolute atomic E-state index is 12.9. The number of carbonyl (C=O) groups excluding carboxylic acids is 2. The number of thiophene rings is 1. The smallest absolute Gasteiger partial charge is 0.251 e. The normalized spacial score (nSPS) is 31.0. The molecule has 3 N–H and O–H groups in total. The molecule has 186 valence electrons. The highest BCUT2D eigenvalue weighted by atomic mass is 32.1. The van der Waals surface area contributed by atoms with Gasteiger partial charge in [0, 0.05) is 22.4 Å². The third kappa shape index (κ3) is 5.29. The predicted molar refractivity (Wildman–Crippen MR) is 136 cm³/mol. The van der Waals surface area contributed by atoms with Crippen LogP contribution in [-0.4, -0.2) is 29.1 Å². The van der Waals surface area contributed by atoms with E-state index in [2.05, 4.69) is 30.6 Å². The van der Waals surface area contributed by atoms with Crippen LogP contribution in [-0.2, 0) is 11.3 Å². The molecule has 2 aliphatic carbocycles. The first-order valence-corrected chi connectivity index (χ1v) is 13.4. The van der Waals surface area contributed by atoms with E-state index in [1.807, 2.05) is 24.4 Å². The van der Waals surface area contributed by atoms with Crippen molar-refractivity contribution < 1.29 is 14.7 Å². The Labute approximate surface area is 211 Å². The number of aliphatic hydroxyl groups is 1. The van der Waals surface area contributed by atoms with Gasteiger partial charge < -0.3 is 15.7 Å². The average Bonchev–Trinajstić information content (AvgIpc) is 3.38. The van der Waals surface area contributed by atoms with Gasteiger partial charge in [-0.15, -0.1) is 11.3 Å². The number of nitrogens with zero attached hydrogens (tertiary/aromatic N) is 1. The molecule has 0 radical (unpaired) electrons. The third-order valence-corrected chi connectivity index (χ3v) is 9.43. The van der Waals surface area contributed by atoms with Gasteiger partial charge in [-0.25, -0.2) is 0 Å². The van der Waals surface area contributed by atoms with Crippen LogP contribution in [0.5, 0.6) is 0 Å². The van der Waals surface area contributed by atoms with Gasteiger partial charge in [-0.1, -0.05) is 26.8 Å². The first-order chi connectivity index (χ1) is 16.7. The number of rotatable bonds is 6. The molecule has 1 aromatic carbocycles. The van der Waals surface area contributed by atoms with Gasteiger partial charge >= 0.3 is 0 Å². The van der Waals surface area contributed by atoms with Crippen LogP contribution in [0.4, 0.5) is 0 Å². The first-order valence-electron chi connectivity index (χ1n) is 12.5. The molecule has 0 saturated heterocycles. The second-order valence-corrected chi connectivity index (χ2v) is 11.7. The van der Waals surface area contributed by atoms with E-state index in [-0.39, 0.29) is 46.9 Å². The summed E-state index contributed by atoms with van der Waals surface area (Å²) >= 11 is 1.62. The zero-order chi connectivity index (χ0) is 25.2. The fraction of sp³-hybridized carbons (Fsp3) is 0.536. The summed E-state index contributed by atoms with van der Waals surface area (Å²) in [5.74, 6) is -0.468. The van der Waals surface area contributed by atoms with Crippen LogP contribution in [0, 0.1) is 40.4 Å².